The third-order valence-corrected chi connectivity index (χ3v) is 1.65. The summed E-state index contributed by atoms with van der Waals surface area (Å²) in [6, 6.07) is 1.86. The highest BCUT2D eigenvalue weighted by Crippen LogP contribution is 2.18. The van der Waals surface area contributed by atoms with E-state index in [1.165, 1.54) is 12.0 Å². The molecule has 4 heteroatoms. The van der Waals surface area contributed by atoms with E-state index < -0.39 is 0 Å². The molecule has 114 valence electrons. The Morgan fingerprint density at radius 2 is 1.47 bits per heavy atom. The summed E-state index contributed by atoms with van der Waals surface area (Å²) in [7, 11) is 0. The first-order valence-electron chi connectivity index (χ1n) is 6.64. The number of aromatic nitrogens is 1. The molecule has 1 aromatic heterocycles. The van der Waals surface area contributed by atoms with Crippen LogP contribution in [-0.4, -0.2) is 11.2 Å². The van der Waals surface area contributed by atoms with E-state index >= 15 is 0 Å². The smallest absolute Gasteiger partial charge is 0.156 e. The molecule has 0 fully saturated rings. The van der Waals surface area contributed by atoms with Crippen molar-refractivity contribution in [2.24, 2.45) is 5.41 Å². The minimum absolute atomic E-state index is 0.500. The Labute approximate surface area is 133 Å². The Morgan fingerprint density at radius 1 is 1.05 bits per heavy atom. The maximum atomic E-state index is 5.11. The van der Waals surface area contributed by atoms with Gasteiger partial charge in [-0.15, -0.1) is 0 Å². The molecule has 1 heterocycles. The molecule has 0 radical (unpaired) electrons. The molecule has 0 spiro atoms. The van der Waals surface area contributed by atoms with Crippen LogP contribution in [0.3, 0.4) is 0 Å². The first-order valence-corrected chi connectivity index (χ1v) is 8.58. The van der Waals surface area contributed by atoms with Crippen molar-refractivity contribution < 1.29 is 4.18 Å². The normalized spacial score (nSPS) is 8.74. The first-order chi connectivity index (χ1) is 8.83. The molecule has 0 bridgehead atoms. The zero-order valence-electron chi connectivity index (χ0n) is 13.9. The van der Waals surface area contributed by atoms with Gasteiger partial charge in [-0.2, -0.15) is 0 Å². The van der Waals surface area contributed by atoms with Crippen LogP contribution in [-0.2, 0) is 0 Å². The summed E-state index contributed by atoms with van der Waals surface area (Å²) in [5.74, 6) is 0.766. The van der Waals surface area contributed by atoms with Crippen molar-refractivity contribution in [3.63, 3.8) is 0 Å². The van der Waals surface area contributed by atoms with Gasteiger partial charge in [-0.25, -0.2) is 0 Å². The number of rotatable bonds is 2. The summed E-state index contributed by atoms with van der Waals surface area (Å²) >= 11 is 4.58. The van der Waals surface area contributed by atoms with Crippen LogP contribution in [0.15, 0.2) is 22.9 Å². The van der Waals surface area contributed by atoms with E-state index in [9.17, 15) is 0 Å². The fourth-order valence-corrected chi connectivity index (χ4v) is 1.16. The molecule has 19 heavy (non-hydrogen) atoms. The Hall–Kier alpha value is -0.220. The van der Waals surface area contributed by atoms with Gasteiger partial charge in [-0.05, 0) is 27.4 Å². The number of halogens is 1. The van der Waals surface area contributed by atoms with Crippen LogP contribution in [0.25, 0.3) is 0 Å². The lowest BCUT2D eigenvalue weighted by atomic mass is 10.0. The second-order valence-corrected chi connectivity index (χ2v) is 6.00. The molecule has 0 atom stereocenters. The summed E-state index contributed by atoms with van der Waals surface area (Å²) in [5, 5.41) is 0. The highest BCUT2D eigenvalue weighted by molar-refractivity contribution is 9.10. The SMILES string of the molecule is CC.CC.CC(C)(C)C.CSOc1cncc(Br)c1. The summed E-state index contributed by atoms with van der Waals surface area (Å²) in [5.41, 5.74) is 0.500. The molecule has 0 N–H and O–H groups in total. The molecule has 0 saturated carbocycles. The van der Waals surface area contributed by atoms with Gasteiger partial charge in [-0.3, -0.25) is 4.98 Å². The number of nitrogens with zero attached hydrogens (tertiary/aromatic N) is 1. The van der Waals surface area contributed by atoms with Gasteiger partial charge in [0.15, 0.2) is 5.75 Å². The standard InChI is InChI=1S/C6H6BrNOS.C5H12.2C2H6/c1-10-9-6-2-5(7)3-8-4-6;1-5(2,3)4;2*1-2/h2-4H,1H3;1-4H3;2*1-2H3. The zero-order valence-corrected chi connectivity index (χ0v) is 16.3. The predicted molar refractivity (Wildman–Crippen MR) is 93.9 cm³/mol. The Bertz CT molecular complexity index is 282. The number of hydrogen-bond donors (Lipinski definition) is 0. The Morgan fingerprint density at radius 3 is 1.79 bits per heavy atom. The molecule has 1 rings (SSSR count). The lowest BCUT2D eigenvalue weighted by Gasteiger charge is -2.05. The minimum atomic E-state index is 0.500. The van der Waals surface area contributed by atoms with Gasteiger partial charge in [0.2, 0.25) is 0 Å². The van der Waals surface area contributed by atoms with Gasteiger partial charge in [0.1, 0.15) is 0 Å². The van der Waals surface area contributed by atoms with Crippen molar-refractivity contribution in [1.29, 1.82) is 0 Å². The van der Waals surface area contributed by atoms with Crippen molar-refractivity contribution in [1.82, 2.24) is 4.98 Å². The monoisotopic (exact) mass is 351 g/mol. The van der Waals surface area contributed by atoms with Gasteiger partial charge in [0.25, 0.3) is 0 Å². The van der Waals surface area contributed by atoms with Gasteiger partial charge >= 0.3 is 0 Å². The molecular weight excluding hydrogens is 322 g/mol. The average Bonchev–Trinajstić information content (AvgIpc) is 2.33. The molecule has 0 amide bonds. The second kappa shape index (κ2) is 15.8. The minimum Gasteiger partial charge on any atom is -0.424 e. The zero-order chi connectivity index (χ0) is 15.9. The van der Waals surface area contributed by atoms with Crippen LogP contribution in [0.1, 0.15) is 55.4 Å². The largest absolute Gasteiger partial charge is 0.424 e. The van der Waals surface area contributed by atoms with E-state index in [2.05, 4.69) is 48.6 Å². The lowest BCUT2D eigenvalue weighted by molar-refractivity contribution is 0.469. The first kappa shape index (κ1) is 23.8. The molecule has 0 saturated heterocycles. The maximum Gasteiger partial charge on any atom is 0.156 e. The van der Waals surface area contributed by atoms with E-state index in [4.69, 9.17) is 4.18 Å². The third kappa shape index (κ3) is 27.1. The summed E-state index contributed by atoms with van der Waals surface area (Å²) in [6.07, 6.45) is 5.25. The van der Waals surface area contributed by atoms with Crippen LogP contribution in [0.4, 0.5) is 0 Å². The van der Waals surface area contributed by atoms with Crippen molar-refractivity contribution >= 4 is 28.0 Å². The van der Waals surface area contributed by atoms with E-state index in [1.807, 2.05) is 40.0 Å². The Kier molecular flexibility index (Phi) is 19.9. The van der Waals surface area contributed by atoms with Crippen LogP contribution >= 0.6 is 28.0 Å². The average molecular weight is 352 g/mol. The molecule has 0 aliphatic rings. The van der Waals surface area contributed by atoms with E-state index in [0.29, 0.717) is 5.41 Å². The highest BCUT2D eigenvalue weighted by Gasteiger charge is 1.95. The molecule has 0 aliphatic carbocycles. The molecule has 0 unspecified atom stereocenters. The fraction of sp³-hybridized carbons (Fsp3) is 0.667. The number of pyridine rings is 1. The molecular formula is C15H30BrNOS. The molecule has 0 aromatic carbocycles. The van der Waals surface area contributed by atoms with Crippen LogP contribution in [0, 0.1) is 5.41 Å². The molecule has 1 aromatic rings. The van der Waals surface area contributed by atoms with Crippen molar-refractivity contribution in [2.75, 3.05) is 6.26 Å². The summed E-state index contributed by atoms with van der Waals surface area (Å²) in [6.45, 7) is 16.8. The van der Waals surface area contributed by atoms with Crippen LogP contribution < -0.4 is 4.18 Å². The van der Waals surface area contributed by atoms with Gasteiger partial charge in [-0.1, -0.05) is 55.4 Å². The van der Waals surface area contributed by atoms with Gasteiger partial charge in [0, 0.05) is 16.9 Å². The Balaban J connectivity index is -0.000000242. The highest BCUT2D eigenvalue weighted by atomic mass is 79.9. The van der Waals surface area contributed by atoms with E-state index in [-0.39, 0.29) is 0 Å². The van der Waals surface area contributed by atoms with E-state index in [1.54, 1.807) is 12.4 Å². The van der Waals surface area contributed by atoms with Crippen molar-refractivity contribution in [3.8, 4) is 5.75 Å². The van der Waals surface area contributed by atoms with E-state index in [0.717, 1.165) is 10.2 Å². The van der Waals surface area contributed by atoms with Crippen LogP contribution in [0.2, 0.25) is 0 Å². The number of hydrogen-bond acceptors (Lipinski definition) is 3. The predicted octanol–water partition coefficient (Wildman–Crippen LogP) is 6.61. The quantitative estimate of drug-likeness (QED) is 0.559. The van der Waals surface area contributed by atoms with Crippen molar-refractivity contribution in [3.05, 3.63) is 22.9 Å². The van der Waals surface area contributed by atoms with Crippen LogP contribution in [0.5, 0.6) is 5.75 Å². The summed E-state index contributed by atoms with van der Waals surface area (Å²) < 4.78 is 6.04. The third-order valence-electron chi connectivity index (χ3n) is 0.859. The summed E-state index contributed by atoms with van der Waals surface area (Å²) in [4.78, 5) is 3.92. The lowest BCUT2D eigenvalue weighted by Crippen LogP contribution is -1.93. The molecule has 0 aliphatic heterocycles. The van der Waals surface area contributed by atoms with Crippen molar-refractivity contribution in [2.45, 2.75) is 55.4 Å². The fourth-order valence-electron chi connectivity index (χ4n) is 0.534. The van der Waals surface area contributed by atoms with Gasteiger partial charge < -0.3 is 4.18 Å². The molecule has 2 nitrogen and oxygen atoms in total. The maximum absolute atomic E-state index is 5.11. The topological polar surface area (TPSA) is 22.1 Å². The van der Waals surface area contributed by atoms with Gasteiger partial charge in [0.05, 0.1) is 18.2 Å². The second-order valence-electron chi connectivity index (χ2n) is 4.59.